The zero-order valence-electron chi connectivity index (χ0n) is 13.6. The second-order valence-corrected chi connectivity index (χ2v) is 6.88. The molecule has 2 atom stereocenters. The Balaban J connectivity index is 1.31. The monoisotopic (exact) mass is 302 g/mol. The van der Waals surface area contributed by atoms with Gasteiger partial charge in [-0.2, -0.15) is 0 Å². The van der Waals surface area contributed by atoms with Crippen LogP contribution in [0.3, 0.4) is 0 Å². The third-order valence-corrected chi connectivity index (χ3v) is 5.36. The standard InChI is InChI=1S/C19H30N2O/c22-15-19-8-5-13-21(19)12-4-3-11-20-18-10-9-16-6-1-2-7-17(16)14-18/h1-2,6-7,18-20,22H,3-5,8-15H2. The fraction of sp³-hybridized carbons (Fsp3) is 0.684. The van der Waals surface area contributed by atoms with E-state index in [0.29, 0.717) is 18.7 Å². The van der Waals surface area contributed by atoms with E-state index in [1.807, 2.05) is 0 Å². The van der Waals surface area contributed by atoms with Crippen molar-refractivity contribution < 1.29 is 5.11 Å². The van der Waals surface area contributed by atoms with Crippen molar-refractivity contribution >= 4 is 0 Å². The quantitative estimate of drug-likeness (QED) is 0.759. The molecule has 1 saturated heterocycles. The average molecular weight is 302 g/mol. The van der Waals surface area contributed by atoms with Crippen molar-refractivity contribution in [2.45, 2.75) is 57.0 Å². The Hall–Kier alpha value is -0.900. The van der Waals surface area contributed by atoms with E-state index >= 15 is 0 Å². The largest absolute Gasteiger partial charge is 0.395 e. The van der Waals surface area contributed by atoms with Crippen molar-refractivity contribution in [2.75, 3.05) is 26.2 Å². The van der Waals surface area contributed by atoms with Gasteiger partial charge in [0.05, 0.1) is 6.61 Å². The van der Waals surface area contributed by atoms with Gasteiger partial charge in [0.15, 0.2) is 0 Å². The zero-order chi connectivity index (χ0) is 15.2. The van der Waals surface area contributed by atoms with Crippen molar-refractivity contribution in [1.82, 2.24) is 10.2 Å². The lowest BCUT2D eigenvalue weighted by atomic mass is 9.88. The maximum atomic E-state index is 9.34. The highest BCUT2D eigenvalue weighted by molar-refractivity contribution is 5.30. The number of hydrogen-bond donors (Lipinski definition) is 2. The molecule has 1 aromatic rings. The van der Waals surface area contributed by atoms with Crippen LogP contribution in [0, 0.1) is 0 Å². The van der Waals surface area contributed by atoms with E-state index in [9.17, 15) is 5.11 Å². The number of unbranched alkanes of at least 4 members (excludes halogenated alkanes) is 1. The topological polar surface area (TPSA) is 35.5 Å². The highest BCUT2D eigenvalue weighted by atomic mass is 16.3. The van der Waals surface area contributed by atoms with E-state index in [1.54, 1.807) is 5.56 Å². The normalized spacial score (nSPS) is 25.3. The van der Waals surface area contributed by atoms with Gasteiger partial charge in [-0.15, -0.1) is 0 Å². The van der Waals surface area contributed by atoms with Crippen molar-refractivity contribution in [3.8, 4) is 0 Å². The Kier molecular flexibility index (Phi) is 5.88. The SMILES string of the molecule is OCC1CCCN1CCCCNC1CCc2ccccc2C1. The van der Waals surface area contributed by atoms with Gasteiger partial charge in [-0.25, -0.2) is 0 Å². The van der Waals surface area contributed by atoms with Gasteiger partial charge >= 0.3 is 0 Å². The van der Waals surface area contributed by atoms with Gasteiger partial charge in [0.2, 0.25) is 0 Å². The number of aryl methyl sites for hydroxylation is 1. The van der Waals surface area contributed by atoms with Gasteiger partial charge < -0.3 is 10.4 Å². The summed E-state index contributed by atoms with van der Waals surface area (Å²) in [4.78, 5) is 2.47. The summed E-state index contributed by atoms with van der Waals surface area (Å²) in [6, 6.07) is 9.97. The van der Waals surface area contributed by atoms with E-state index in [4.69, 9.17) is 0 Å². The number of rotatable bonds is 7. The number of nitrogens with zero attached hydrogens (tertiary/aromatic N) is 1. The van der Waals surface area contributed by atoms with E-state index in [0.717, 1.165) is 13.1 Å². The molecule has 2 aliphatic rings. The van der Waals surface area contributed by atoms with Crippen LogP contribution in [-0.4, -0.2) is 48.3 Å². The minimum atomic E-state index is 0.333. The first-order valence-corrected chi connectivity index (χ1v) is 9.02. The molecule has 1 aliphatic carbocycles. The zero-order valence-corrected chi connectivity index (χ0v) is 13.6. The number of aliphatic hydroxyl groups excluding tert-OH is 1. The third-order valence-electron chi connectivity index (χ3n) is 5.36. The summed E-state index contributed by atoms with van der Waals surface area (Å²) >= 11 is 0. The van der Waals surface area contributed by atoms with E-state index in [2.05, 4.69) is 34.5 Å². The van der Waals surface area contributed by atoms with Crippen LogP contribution in [0.4, 0.5) is 0 Å². The van der Waals surface area contributed by atoms with Crippen LogP contribution in [0.1, 0.15) is 43.2 Å². The third kappa shape index (κ3) is 4.09. The first-order valence-electron chi connectivity index (χ1n) is 9.02. The molecule has 122 valence electrons. The maximum Gasteiger partial charge on any atom is 0.0586 e. The van der Waals surface area contributed by atoms with Crippen LogP contribution in [0.15, 0.2) is 24.3 Å². The smallest absolute Gasteiger partial charge is 0.0586 e. The van der Waals surface area contributed by atoms with Crippen LogP contribution in [-0.2, 0) is 12.8 Å². The molecule has 3 heteroatoms. The molecule has 0 bridgehead atoms. The van der Waals surface area contributed by atoms with Gasteiger partial charge in [0.25, 0.3) is 0 Å². The summed E-state index contributed by atoms with van der Waals surface area (Å²) in [6.07, 6.45) is 8.60. The molecule has 0 spiro atoms. The molecule has 1 aliphatic heterocycles. The van der Waals surface area contributed by atoms with Crippen LogP contribution in [0.25, 0.3) is 0 Å². The lowest BCUT2D eigenvalue weighted by Crippen LogP contribution is -2.36. The fourth-order valence-corrected chi connectivity index (χ4v) is 4.01. The summed E-state index contributed by atoms with van der Waals surface area (Å²) in [5, 5.41) is 13.1. The minimum Gasteiger partial charge on any atom is -0.395 e. The fourth-order valence-electron chi connectivity index (χ4n) is 4.01. The predicted octanol–water partition coefficient (Wildman–Crippen LogP) is 2.37. The molecule has 0 saturated carbocycles. The summed E-state index contributed by atoms with van der Waals surface area (Å²) in [7, 11) is 0. The second kappa shape index (κ2) is 8.09. The Morgan fingerprint density at radius 1 is 1.14 bits per heavy atom. The Bertz CT molecular complexity index is 463. The molecule has 0 amide bonds. The van der Waals surface area contributed by atoms with Crippen LogP contribution in [0.2, 0.25) is 0 Å². The van der Waals surface area contributed by atoms with Crippen molar-refractivity contribution in [3.05, 3.63) is 35.4 Å². The Morgan fingerprint density at radius 3 is 2.86 bits per heavy atom. The molecule has 0 aromatic heterocycles. The number of aliphatic hydroxyl groups is 1. The predicted molar refractivity (Wildman–Crippen MR) is 91.2 cm³/mol. The molecular weight excluding hydrogens is 272 g/mol. The lowest BCUT2D eigenvalue weighted by molar-refractivity contribution is 0.157. The van der Waals surface area contributed by atoms with Crippen molar-refractivity contribution in [2.24, 2.45) is 0 Å². The van der Waals surface area contributed by atoms with Crippen LogP contribution in [0.5, 0.6) is 0 Å². The van der Waals surface area contributed by atoms with Gasteiger partial charge in [0.1, 0.15) is 0 Å². The number of benzene rings is 1. The average Bonchev–Trinajstić information content (AvgIpc) is 3.02. The van der Waals surface area contributed by atoms with Crippen molar-refractivity contribution in [3.63, 3.8) is 0 Å². The number of hydrogen-bond acceptors (Lipinski definition) is 3. The number of fused-ring (bicyclic) bond motifs is 1. The van der Waals surface area contributed by atoms with Gasteiger partial charge in [-0.3, -0.25) is 4.90 Å². The highest BCUT2D eigenvalue weighted by Gasteiger charge is 2.22. The number of likely N-dealkylation sites (tertiary alicyclic amines) is 1. The molecule has 2 unspecified atom stereocenters. The van der Waals surface area contributed by atoms with Gasteiger partial charge in [-0.1, -0.05) is 24.3 Å². The lowest BCUT2D eigenvalue weighted by Gasteiger charge is -2.26. The second-order valence-electron chi connectivity index (χ2n) is 6.88. The Morgan fingerprint density at radius 2 is 2.00 bits per heavy atom. The summed E-state index contributed by atoms with van der Waals surface area (Å²) in [6.45, 7) is 3.79. The molecule has 1 fully saturated rings. The molecule has 3 rings (SSSR count). The van der Waals surface area contributed by atoms with Gasteiger partial charge in [0, 0.05) is 12.1 Å². The van der Waals surface area contributed by atoms with Gasteiger partial charge in [-0.05, 0) is 75.7 Å². The molecular formula is C19H30N2O. The maximum absolute atomic E-state index is 9.34. The van der Waals surface area contributed by atoms with Crippen LogP contribution < -0.4 is 5.32 Å². The molecule has 1 heterocycles. The molecule has 2 N–H and O–H groups in total. The summed E-state index contributed by atoms with van der Waals surface area (Å²) in [5.41, 5.74) is 3.08. The molecule has 1 aromatic carbocycles. The number of nitrogens with one attached hydrogen (secondary N) is 1. The first-order chi connectivity index (χ1) is 10.9. The molecule has 0 radical (unpaired) electrons. The highest BCUT2D eigenvalue weighted by Crippen LogP contribution is 2.21. The van der Waals surface area contributed by atoms with E-state index < -0.39 is 0 Å². The summed E-state index contributed by atoms with van der Waals surface area (Å²) < 4.78 is 0. The molecule has 22 heavy (non-hydrogen) atoms. The van der Waals surface area contributed by atoms with E-state index in [1.165, 1.54) is 57.1 Å². The summed E-state index contributed by atoms with van der Waals surface area (Å²) in [5.74, 6) is 0. The first kappa shape index (κ1) is 16.0. The van der Waals surface area contributed by atoms with Crippen molar-refractivity contribution in [1.29, 1.82) is 0 Å². The van der Waals surface area contributed by atoms with E-state index in [-0.39, 0.29) is 0 Å². The Labute approximate surface area is 134 Å². The minimum absolute atomic E-state index is 0.333. The molecule has 3 nitrogen and oxygen atoms in total. The van der Waals surface area contributed by atoms with Crippen LogP contribution >= 0.6 is 0 Å².